The van der Waals surface area contributed by atoms with Crippen molar-refractivity contribution in [3.05, 3.63) is 20.8 Å². The Balaban J connectivity index is 1.74. The van der Waals surface area contributed by atoms with Crippen LogP contribution in [-0.4, -0.2) is 43.6 Å². The number of rotatable bonds is 6. The number of nitrogens with zero attached hydrogens (tertiary/aromatic N) is 2. The summed E-state index contributed by atoms with van der Waals surface area (Å²) in [5, 5.41) is 8.84. The Hall–Kier alpha value is -0.590. The Morgan fingerprint density at radius 1 is 1.33 bits per heavy atom. The molecule has 0 saturated carbocycles. The number of nitrogens with one attached hydrogen (secondary N) is 2. The zero-order valence-electron chi connectivity index (χ0n) is 12.7. The second-order valence-electron chi connectivity index (χ2n) is 5.26. The van der Waals surface area contributed by atoms with Gasteiger partial charge in [-0.15, -0.1) is 11.3 Å². The maximum Gasteiger partial charge on any atom is 0.191 e. The van der Waals surface area contributed by atoms with Gasteiger partial charge in [0.1, 0.15) is 0 Å². The van der Waals surface area contributed by atoms with Crippen LogP contribution < -0.4 is 10.6 Å². The lowest BCUT2D eigenvalue weighted by molar-refractivity contribution is 0.232. The molecule has 1 saturated heterocycles. The van der Waals surface area contributed by atoms with Crippen molar-refractivity contribution in [3.8, 4) is 0 Å². The van der Waals surface area contributed by atoms with Gasteiger partial charge in [0.2, 0.25) is 0 Å². The minimum absolute atomic E-state index is 0.731. The van der Waals surface area contributed by atoms with E-state index in [0.717, 1.165) is 36.6 Å². The standard InChI is InChI=1S/C15H25BrN4S/c1-2-17-15(19-11-14-10-13(16)12-21-14)18-6-9-20-7-4-3-5-8-20/h10,12H,2-9,11H2,1H3,(H2,17,18,19). The van der Waals surface area contributed by atoms with Crippen molar-refractivity contribution in [1.29, 1.82) is 0 Å². The predicted octanol–water partition coefficient (Wildman–Crippen LogP) is 3.05. The summed E-state index contributed by atoms with van der Waals surface area (Å²) in [6.45, 7) is 8.29. The van der Waals surface area contributed by atoms with E-state index in [-0.39, 0.29) is 0 Å². The Bertz CT molecular complexity index is 441. The third-order valence-corrected chi connectivity index (χ3v) is 5.21. The summed E-state index contributed by atoms with van der Waals surface area (Å²) < 4.78 is 1.14. The molecule has 6 heteroatoms. The minimum Gasteiger partial charge on any atom is -0.357 e. The molecule has 2 N–H and O–H groups in total. The smallest absolute Gasteiger partial charge is 0.191 e. The van der Waals surface area contributed by atoms with Gasteiger partial charge in [0.05, 0.1) is 6.54 Å². The first-order valence-corrected chi connectivity index (χ1v) is 9.42. The molecule has 0 aliphatic carbocycles. The number of piperidine rings is 1. The molecule has 1 aromatic heterocycles. The van der Waals surface area contributed by atoms with Crippen LogP contribution >= 0.6 is 27.3 Å². The molecule has 2 rings (SSSR count). The van der Waals surface area contributed by atoms with Crippen LogP contribution in [0.4, 0.5) is 0 Å². The summed E-state index contributed by atoms with van der Waals surface area (Å²) in [7, 11) is 0. The number of halogens is 1. The maximum absolute atomic E-state index is 4.65. The molecule has 0 amide bonds. The van der Waals surface area contributed by atoms with Gasteiger partial charge in [-0.1, -0.05) is 6.42 Å². The number of aliphatic imine (C=N–C) groups is 1. The van der Waals surface area contributed by atoms with Gasteiger partial charge in [-0.3, -0.25) is 0 Å². The highest BCUT2D eigenvalue weighted by Crippen LogP contribution is 2.20. The van der Waals surface area contributed by atoms with E-state index < -0.39 is 0 Å². The lowest BCUT2D eigenvalue weighted by atomic mass is 10.1. The average Bonchev–Trinajstić information content (AvgIpc) is 2.91. The van der Waals surface area contributed by atoms with E-state index in [1.807, 2.05) is 0 Å². The van der Waals surface area contributed by atoms with E-state index in [1.165, 1.54) is 37.2 Å². The van der Waals surface area contributed by atoms with Crippen molar-refractivity contribution < 1.29 is 0 Å². The fraction of sp³-hybridized carbons (Fsp3) is 0.667. The largest absolute Gasteiger partial charge is 0.357 e. The van der Waals surface area contributed by atoms with Gasteiger partial charge in [0, 0.05) is 34.4 Å². The van der Waals surface area contributed by atoms with Crippen LogP contribution in [0.15, 0.2) is 20.9 Å². The maximum atomic E-state index is 4.65. The van der Waals surface area contributed by atoms with E-state index in [9.17, 15) is 0 Å². The van der Waals surface area contributed by atoms with Gasteiger partial charge in [-0.25, -0.2) is 4.99 Å². The lowest BCUT2D eigenvalue weighted by Gasteiger charge is -2.26. The van der Waals surface area contributed by atoms with Crippen molar-refractivity contribution in [2.75, 3.05) is 32.7 Å². The van der Waals surface area contributed by atoms with Crippen LogP contribution in [0.25, 0.3) is 0 Å². The van der Waals surface area contributed by atoms with Crippen LogP contribution in [-0.2, 0) is 6.54 Å². The number of thiophene rings is 1. The van der Waals surface area contributed by atoms with E-state index in [2.05, 4.69) is 54.8 Å². The van der Waals surface area contributed by atoms with Crippen LogP contribution in [0.1, 0.15) is 31.1 Å². The Morgan fingerprint density at radius 2 is 2.14 bits per heavy atom. The Kier molecular flexibility index (Phi) is 7.53. The average molecular weight is 373 g/mol. The molecule has 1 fully saturated rings. The number of guanidine groups is 1. The highest BCUT2D eigenvalue weighted by atomic mass is 79.9. The lowest BCUT2D eigenvalue weighted by Crippen LogP contribution is -2.42. The normalized spacial score (nSPS) is 17.0. The Morgan fingerprint density at radius 3 is 2.81 bits per heavy atom. The van der Waals surface area contributed by atoms with Gasteiger partial charge in [0.15, 0.2) is 5.96 Å². The quantitative estimate of drug-likeness (QED) is 0.595. The van der Waals surface area contributed by atoms with Gasteiger partial charge in [-0.2, -0.15) is 0 Å². The van der Waals surface area contributed by atoms with Crippen LogP contribution in [0, 0.1) is 0 Å². The van der Waals surface area contributed by atoms with Gasteiger partial charge >= 0.3 is 0 Å². The number of hydrogen-bond acceptors (Lipinski definition) is 3. The highest BCUT2D eigenvalue weighted by Gasteiger charge is 2.09. The number of likely N-dealkylation sites (tertiary alicyclic amines) is 1. The molecule has 0 atom stereocenters. The van der Waals surface area contributed by atoms with E-state index >= 15 is 0 Å². The second kappa shape index (κ2) is 9.43. The predicted molar refractivity (Wildman–Crippen MR) is 95.1 cm³/mol. The molecule has 0 radical (unpaired) electrons. The van der Waals surface area contributed by atoms with Crippen molar-refractivity contribution >= 4 is 33.2 Å². The van der Waals surface area contributed by atoms with E-state index in [1.54, 1.807) is 11.3 Å². The molecule has 2 heterocycles. The van der Waals surface area contributed by atoms with Crippen molar-refractivity contribution in [3.63, 3.8) is 0 Å². The summed E-state index contributed by atoms with van der Waals surface area (Å²) >= 11 is 5.22. The van der Waals surface area contributed by atoms with Crippen LogP contribution in [0.2, 0.25) is 0 Å². The minimum atomic E-state index is 0.731. The SMILES string of the molecule is CCNC(=NCc1cc(Br)cs1)NCCN1CCCCC1. The molecule has 0 unspecified atom stereocenters. The molecular formula is C15H25BrN4S. The van der Waals surface area contributed by atoms with Gasteiger partial charge < -0.3 is 15.5 Å². The van der Waals surface area contributed by atoms with Gasteiger partial charge in [-0.05, 0) is 54.9 Å². The molecule has 21 heavy (non-hydrogen) atoms. The van der Waals surface area contributed by atoms with Gasteiger partial charge in [0.25, 0.3) is 0 Å². The third-order valence-electron chi connectivity index (χ3n) is 3.53. The summed E-state index contributed by atoms with van der Waals surface area (Å²) in [4.78, 5) is 8.46. The molecule has 4 nitrogen and oxygen atoms in total. The Labute approximate surface area is 140 Å². The van der Waals surface area contributed by atoms with Crippen molar-refractivity contribution in [2.45, 2.75) is 32.7 Å². The molecule has 0 aromatic carbocycles. The third kappa shape index (κ3) is 6.36. The van der Waals surface area contributed by atoms with Crippen LogP contribution in [0.5, 0.6) is 0 Å². The molecule has 1 aromatic rings. The molecule has 0 spiro atoms. The summed E-state index contributed by atoms with van der Waals surface area (Å²) in [5.74, 6) is 0.916. The van der Waals surface area contributed by atoms with E-state index in [4.69, 9.17) is 0 Å². The van der Waals surface area contributed by atoms with Crippen molar-refractivity contribution in [2.24, 2.45) is 4.99 Å². The first-order chi connectivity index (χ1) is 10.3. The number of hydrogen-bond donors (Lipinski definition) is 2. The second-order valence-corrected chi connectivity index (χ2v) is 7.17. The topological polar surface area (TPSA) is 39.7 Å². The zero-order valence-corrected chi connectivity index (χ0v) is 15.1. The first kappa shape index (κ1) is 16.8. The highest BCUT2D eigenvalue weighted by molar-refractivity contribution is 9.10. The molecular weight excluding hydrogens is 348 g/mol. The molecule has 118 valence electrons. The fourth-order valence-electron chi connectivity index (χ4n) is 2.45. The van der Waals surface area contributed by atoms with Crippen LogP contribution in [0.3, 0.4) is 0 Å². The summed E-state index contributed by atoms with van der Waals surface area (Å²) in [6.07, 6.45) is 4.09. The molecule has 0 bridgehead atoms. The fourth-order valence-corrected chi connectivity index (χ4v) is 3.83. The summed E-state index contributed by atoms with van der Waals surface area (Å²) in [5.41, 5.74) is 0. The molecule has 1 aliphatic rings. The first-order valence-electron chi connectivity index (χ1n) is 7.75. The molecule has 1 aliphatic heterocycles. The monoisotopic (exact) mass is 372 g/mol. The summed E-state index contributed by atoms with van der Waals surface area (Å²) in [6, 6.07) is 2.13. The van der Waals surface area contributed by atoms with E-state index in [0.29, 0.717) is 0 Å². The van der Waals surface area contributed by atoms with Crippen molar-refractivity contribution in [1.82, 2.24) is 15.5 Å². The zero-order chi connectivity index (χ0) is 14.9.